The summed E-state index contributed by atoms with van der Waals surface area (Å²) in [5, 5.41) is -0.0465. The number of hydrogen-bond acceptors (Lipinski definition) is 7. The third-order valence-corrected chi connectivity index (χ3v) is 6.24. The fraction of sp³-hybridized carbons (Fsp3) is 0.300. The Morgan fingerprint density at radius 1 is 0.919 bits per heavy atom. The van der Waals surface area contributed by atoms with Crippen LogP contribution in [0.3, 0.4) is 0 Å². The van der Waals surface area contributed by atoms with Crippen LogP contribution in [0.4, 0.5) is 0 Å². The zero-order valence-electron chi connectivity index (χ0n) is 20.9. The van der Waals surface area contributed by atoms with E-state index < -0.39 is 24.1 Å². The first kappa shape index (κ1) is 27.0. The van der Waals surface area contributed by atoms with E-state index in [0.717, 1.165) is 11.1 Å². The molecule has 1 heterocycles. The topological polar surface area (TPSA) is 55.4 Å². The molecule has 3 aromatic rings. The molecule has 0 bridgehead atoms. The average molecular weight is 521 g/mol. The Morgan fingerprint density at radius 2 is 1.51 bits per heavy atom. The number of hydrogen-bond donors (Lipinski definition) is 0. The van der Waals surface area contributed by atoms with Gasteiger partial charge in [0.05, 0.1) is 19.8 Å². The summed E-state index contributed by atoms with van der Waals surface area (Å²) < 4.78 is 36.7. The fourth-order valence-electron chi connectivity index (χ4n) is 4.33. The summed E-state index contributed by atoms with van der Waals surface area (Å²) in [6.45, 7) is 4.96. The number of rotatable bonds is 12. The number of methoxy groups -OCH3 is 1. The van der Waals surface area contributed by atoms with Crippen LogP contribution in [0, 0.1) is 0 Å². The Balaban J connectivity index is 1.55. The lowest BCUT2D eigenvalue weighted by Crippen LogP contribution is -2.49. The lowest BCUT2D eigenvalue weighted by Gasteiger charge is -2.34. The Kier molecular flexibility index (Phi) is 9.82. The Bertz CT molecular complexity index is 1110. The van der Waals surface area contributed by atoms with Gasteiger partial charge in [-0.15, -0.1) is 6.58 Å². The van der Waals surface area contributed by atoms with Gasteiger partial charge < -0.3 is 28.4 Å². The van der Waals surface area contributed by atoms with Crippen LogP contribution in [0.15, 0.2) is 104 Å². The first-order valence-corrected chi connectivity index (χ1v) is 12.6. The Morgan fingerprint density at radius 3 is 2.11 bits per heavy atom. The van der Waals surface area contributed by atoms with Crippen LogP contribution in [0.5, 0.6) is 5.75 Å². The predicted octanol–water partition coefficient (Wildman–Crippen LogP) is 5.86. The van der Waals surface area contributed by atoms with Gasteiger partial charge in [0.2, 0.25) is 0 Å². The standard InChI is InChI=1S/C30H32O6S/c1-3-19-30(22-32-20-23-13-7-4-8-14-23)27(33-21-24-15-9-5-10-16-24)26(28(31-2)36-30)35-29(37)34-25-17-11-6-12-18-25/h3-18,26-28H,1,19-22H2,2H3/t26-,27+,28-,30-/m1/s1. The summed E-state index contributed by atoms with van der Waals surface area (Å²) in [5.41, 5.74) is 1.16. The van der Waals surface area contributed by atoms with Gasteiger partial charge in [-0.3, -0.25) is 0 Å². The quantitative estimate of drug-likeness (QED) is 0.219. The van der Waals surface area contributed by atoms with Crippen LogP contribution < -0.4 is 4.74 Å². The van der Waals surface area contributed by atoms with E-state index in [1.54, 1.807) is 25.3 Å². The van der Waals surface area contributed by atoms with Crippen molar-refractivity contribution >= 4 is 17.5 Å². The molecule has 0 N–H and O–H groups in total. The maximum Gasteiger partial charge on any atom is 0.358 e. The Labute approximate surface area is 223 Å². The molecule has 0 saturated carbocycles. The monoisotopic (exact) mass is 520 g/mol. The van der Waals surface area contributed by atoms with Gasteiger partial charge >= 0.3 is 5.24 Å². The van der Waals surface area contributed by atoms with Crippen LogP contribution >= 0.6 is 12.2 Å². The molecule has 6 nitrogen and oxygen atoms in total. The summed E-state index contributed by atoms with van der Waals surface area (Å²) in [4.78, 5) is 0. The molecule has 1 saturated heterocycles. The molecule has 4 atom stereocenters. The van der Waals surface area contributed by atoms with Gasteiger partial charge in [0.1, 0.15) is 17.5 Å². The van der Waals surface area contributed by atoms with Crippen molar-refractivity contribution in [3.63, 3.8) is 0 Å². The zero-order valence-corrected chi connectivity index (χ0v) is 21.7. The predicted molar refractivity (Wildman–Crippen MR) is 145 cm³/mol. The van der Waals surface area contributed by atoms with Crippen molar-refractivity contribution in [1.82, 2.24) is 0 Å². The number of para-hydroxylation sites is 1. The first-order chi connectivity index (χ1) is 18.1. The molecule has 0 amide bonds. The van der Waals surface area contributed by atoms with E-state index in [2.05, 4.69) is 6.58 Å². The lowest BCUT2D eigenvalue weighted by atomic mass is 9.92. The second kappa shape index (κ2) is 13.5. The van der Waals surface area contributed by atoms with Crippen molar-refractivity contribution in [2.24, 2.45) is 0 Å². The highest BCUT2D eigenvalue weighted by Gasteiger charge is 2.58. The molecule has 0 aliphatic carbocycles. The fourth-order valence-corrected chi connectivity index (χ4v) is 4.54. The van der Waals surface area contributed by atoms with E-state index in [9.17, 15) is 0 Å². The molecule has 4 rings (SSSR count). The second-order valence-electron chi connectivity index (χ2n) is 8.72. The van der Waals surface area contributed by atoms with E-state index in [1.165, 1.54) is 0 Å². The van der Waals surface area contributed by atoms with Crippen molar-refractivity contribution in [3.8, 4) is 5.75 Å². The van der Waals surface area contributed by atoms with E-state index in [4.69, 9.17) is 40.6 Å². The maximum absolute atomic E-state index is 6.48. The molecule has 0 aromatic heterocycles. The largest absolute Gasteiger partial charge is 0.445 e. The van der Waals surface area contributed by atoms with Gasteiger partial charge in [0, 0.05) is 19.3 Å². The van der Waals surface area contributed by atoms with Gasteiger partial charge in [-0.05, 0) is 29.7 Å². The van der Waals surface area contributed by atoms with E-state index in [0.29, 0.717) is 25.4 Å². The SMILES string of the molecule is C=CC[C@]1(COCc2ccccc2)O[C@@H](OC)[C@H](OC(=S)Oc2ccccc2)[C@@H]1OCc1ccccc1. The zero-order chi connectivity index (χ0) is 25.9. The third-order valence-electron chi connectivity index (χ3n) is 6.07. The molecule has 7 heteroatoms. The normalized spacial score (nSPS) is 22.9. The van der Waals surface area contributed by atoms with Crippen molar-refractivity contribution in [2.75, 3.05) is 13.7 Å². The number of ether oxygens (including phenoxy) is 6. The van der Waals surface area contributed by atoms with Crippen molar-refractivity contribution in [2.45, 2.75) is 43.7 Å². The highest BCUT2D eigenvalue weighted by molar-refractivity contribution is 7.79. The number of thiocarbonyl (C=S) groups is 1. The molecule has 1 aliphatic rings. The van der Waals surface area contributed by atoms with Crippen molar-refractivity contribution in [1.29, 1.82) is 0 Å². The van der Waals surface area contributed by atoms with Crippen LogP contribution in [-0.4, -0.2) is 43.1 Å². The van der Waals surface area contributed by atoms with Crippen molar-refractivity contribution < 1.29 is 28.4 Å². The molecular weight excluding hydrogens is 488 g/mol. The van der Waals surface area contributed by atoms with Gasteiger partial charge in [-0.2, -0.15) is 0 Å². The molecular formula is C30H32O6S. The summed E-state index contributed by atoms with van der Waals surface area (Å²) in [5.74, 6) is 0.575. The van der Waals surface area contributed by atoms with Crippen LogP contribution in [-0.2, 0) is 36.9 Å². The van der Waals surface area contributed by atoms with Gasteiger partial charge in [0.15, 0.2) is 12.4 Å². The molecule has 0 radical (unpaired) electrons. The van der Waals surface area contributed by atoms with Gasteiger partial charge in [-0.1, -0.05) is 84.9 Å². The molecule has 0 spiro atoms. The smallest absolute Gasteiger partial charge is 0.358 e. The van der Waals surface area contributed by atoms with Crippen LogP contribution in [0.25, 0.3) is 0 Å². The molecule has 3 aromatic carbocycles. The van der Waals surface area contributed by atoms with E-state index in [-0.39, 0.29) is 11.8 Å². The lowest BCUT2D eigenvalue weighted by molar-refractivity contribution is -0.195. The van der Waals surface area contributed by atoms with Gasteiger partial charge in [-0.25, -0.2) is 0 Å². The summed E-state index contributed by atoms with van der Waals surface area (Å²) in [7, 11) is 1.56. The highest BCUT2D eigenvalue weighted by Crippen LogP contribution is 2.40. The second-order valence-corrected chi connectivity index (χ2v) is 9.06. The minimum absolute atomic E-state index is 0.0465. The third kappa shape index (κ3) is 7.25. The number of benzene rings is 3. The van der Waals surface area contributed by atoms with E-state index >= 15 is 0 Å². The minimum Gasteiger partial charge on any atom is -0.445 e. The summed E-state index contributed by atoms with van der Waals surface area (Å²) >= 11 is 5.43. The molecule has 194 valence electrons. The molecule has 37 heavy (non-hydrogen) atoms. The molecule has 1 fully saturated rings. The maximum atomic E-state index is 6.48. The Hall–Kier alpha value is -3.07. The van der Waals surface area contributed by atoms with Gasteiger partial charge in [0.25, 0.3) is 0 Å². The van der Waals surface area contributed by atoms with Crippen LogP contribution in [0.1, 0.15) is 17.5 Å². The highest BCUT2D eigenvalue weighted by atomic mass is 32.1. The van der Waals surface area contributed by atoms with Crippen molar-refractivity contribution in [3.05, 3.63) is 115 Å². The summed E-state index contributed by atoms with van der Waals surface area (Å²) in [6.07, 6.45) is 0.179. The summed E-state index contributed by atoms with van der Waals surface area (Å²) in [6, 6.07) is 29.1. The average Bonchev–Trinajstić information content (AvgIpc) is 3.21. The first-order valence-electron chi connectivity index (χ1n) is 12.2. The van der Waals surface area contributed by atoms with Crippen LogP contribution in [0.2, 0.25) is 0 Å². The minimum atomic E-state index is -0.918. The molecule has 1 aliphatic heterocycles. The van der Waals surface area contributed by atoms with E-state index in [1.807, 2.05) is 78.9 Å². The molecule has 0 unspecified atom stereocenters.